The van der Waals surface area contributed by atoms with Crippen LogP contribution >= 0.6 is 12.4 Å². The van der Waals surface area contributed by atoms with E-state index in [1.807, 2.05) is 20.8 Å². The molecule has 0 saturated carbocycles. The Morgan fingerprint density at radius 3 is 2.15 bits per heavy atom. The van der Waals surface area contributed by atoms with Crippen molar-refractivity contribution in [3.05, 3.63) is 0 Å². The van der Waals surface area contributed by atoms with Crippen LogP contribution in [-0.4, -0.2) is 30.1 Å². The van der Waals surface area contributed by atoms with E-state index in [-0.39, 0.29) is 18.3 Å². The van der Waals surface area contributed by atoms with E-state index in [0.29, 0.717) is 13.0 Å². The van der Waals surface area contributed by atoms with Crippen molar-refractivity contribution in [2.75, 3.05) is 6.54 Å². The van der Waals surface area contributed by atoms with E-state index < -0.39 is 17.6 Å². The van der Waals surface area contributed by atoms with Gasteiger partial charge in [-0.3, -0.25) is 4.79 Å². The fraction of sp³-hybridized carbons (Fsp3) is 0.846. The predicted octanol–water partition coefficient (Wildman–Crippen LogP) is 1.27. The molecule has 0 aromatic rings. The lowest BCUT2D eigenvalue weighted by Crippen LogP contribution is -2.54. The van der Waals surface area contributed by atoms with Gasteiger partial charge in [0.15, 0.2) is 0 Å². The third-order valence-electron chi connectivity index (χ3n) is 3.50. The number of halogens is 1. The van der Waals surface area contributed by atoms with Crippen LogP contribution in [0.2, 0.25) is 0 Å². The first-order chi connectivity index (χ1) is 8.88. The Morgan fingerprint density at radius 2 is 1.75 bits per heavy atom. The van der Waals surface area contributed by atoms with Crippen LogP contribution in [0.3, 0.4) is 0 Å². The molecule has 0 aliphatic carbocycles. The van der Waals surface area contributed by atoms with Gasteiger partial charge in [0.1, 0.15) is 6.04 Å². The number of carbonyl (C=O) groups excluding carboxylic acids is 2. The lowest BCUT2D eigenvalue weighted by molar-refractivity contribution is -0.123. The monoisotopic (exact) mass is 308 g/mol. The second-order valence-corrected chi connectivity index (χ2v) is 4.99. The number of nitrogens with one attached hydrogen (secondary N) is 2. The van der Waals surface area contributed by atoms with Crippen molar-refractivity contribution in [2.45, 2.75) is 64.5 Å². The largest absolute Gasteiger partial charge is 0.352 e. The second-order valence-electron chi connectivity index (χ2n) is 4.99. The molecule has 0 aliphatic rings. The van der Waals surface area contributed by atoms with Gasteiger partial charge in [0.25, 0.3) is 0 Å². The van der Waals surface area contributed by atoms with E-state index in [9.17, 15) is 9.59 Å². The normalized spacial score (nSPS) is 12.2. The summed E-state index contributed by atoms with van der Waals surface area (Å²) in [6.07, 6.45) is 3.96. The Bertz CT molecular complexity index is 296. The summed E-state index contributed by atoms with van der Waals surface area (Å²) in [5, 5.41) is 5.28. The van der Waals surface area contributed by atoms with E-state index in [1.54, 1.807) is 0 Å². The number of carbonyl (C=O) groups is 2. The van der Waals surface area contributed by atoms with Gasteiger partial charge in [-0.2, -0.15) is 0 Å². The van der Waals surface area contributed by atoms with Gasteiger partial charge in [0.2, 0.25) is 5.91 Å². The molecule has 0 spiro atoms. The molecule has 6 N–H and O–H groups in total. The first kappa shape index (κ1) is 21.3. The van der Waals surface area contributed by atoms with E-state index >= 15 is 0 Å². The van der Waals surface area contributed by atoms with Gasteiger partial charge in [0, 0.05) is 12.1 Å². The molecule has 7 heteroatoms. The highest BCUT2D eigenvalue weighted by Crippen LogP contribution is 2.09. The molecular formula is C13H29ClN4O2. The minimum absolute atomic E-state index is 0. The molecular weight excluding hydrogens is 280 g/mol. The lowest BCUT2D eigenvalue weighted by Gasteiger charge is -2.28. The summed E-state index contributed by atoms with van der Waals surface area (Å²) < 4.78 is 0. The van der Waals surface area contributed by atoms with Crippen molar-refractivity contribution in [3.8, 4) is 0 Å². The molecule has 0 radical (unpaired) electrons. The molecule has 0 rings (SSSR count). The molecule has 20 heavy (non-hydrogen) atoms. The highest BCUT2D eigenvalue weighted by molar-refractivity contribution is 5.86. The van der Waals surface area contributed by atoms with Gasteiger partial charge in [-0.25, -0.2) is 4.79 Å². The number of urea groups is 1. The minimum atomic E-state index is -0.679. The number of hydrogen-bond acceptors (Lipinski definition) is 3. The van der Waals surface area contributed by atoms with Crippen molar-refractivity contribution >= 4 is 24.3 Å². The molecule has 120 valence electrons. The van der Waals surface area contributed by atoms with Crippen LogP contribution in [0.25, 0.3) is 0 Å². The molecule has 0 aromatic carbocycles. The zero-order chi connectivity index (χ0) is 14.9. The third kappa shape index (κ3) is 8.22. The highest BCUT2D eigenvalue weighted by Gasteiger charge is 2.24. The van der Waals surface area contributed by atoms with E-state index in [0.717, 1.165) is 25.7 Å². The Hall–Kier alpha value is -1.01. The summed E-state index contributed by atoms with van der Waals surface area (Å²) in [5.41, 5.74) is 10.8. The van der Waals surface area contributed by atoms with Crippen LogP contribution in [0.1, 0.15) is 52.9 Å². The number of unbranched alkanes of at least 4 members (excludes halogenated alkanes) is 1. The first-order valence-corrected chi connectivity index (χ1v) is 7.01. The number of amides is 3. The summed E-state index contributed by atoms with van der Waals surface area (Å²) >= 11 is 0. The average molecular weight is 309 g/mol. The Morgan fingerprint density at radius 1 is 1.20 bits per heavy atom. The van der Waals surface area contributed by atoms with Crippen LogP contribution in [0.15, 0.2) is 0 Å². The van der Waals surface area contributed by atoms with Crippen LogP contribution < -0.4 is 22.1 Å². The standard InChI is InChI=1S/C13H28N4O2.ClH/c1-4-7-8-10(17-12(14)19)11(18)16-9-13(15,5-2)6-3;/h10H,4-9,15H2,1-3H3,(H,16,18)(H3,14,17,19);1H. The first-order valence-electron chi connectivity index (χ1n) is 7.01. The number of rotatable bonds is 9. The van der Waals surface area contributed by atoms with Crippen molar-refractivity contribution in [1.82, 2.24) is 10.6 Å². The zero-order valence-electron chi connectivity index (χ0n) is 12.7. The Balaban J connectivity index is 0. The fourth-order valence-electron chi connectivity index (χ4n) is 1.74. The van der Waals surface area contributed by atoms with Gasteiger partial charge < -0.3 is 22.1 Å². The lowest BCUT2D eigenvalue weighted by atomic mass is 9.94. The average Bonchev–Trinajstić information content (AvgIpc) is 2.40. The molecule has 3 amide bonds. The number of hydrogen-bond donors (Lipinski definition) is 4. The number of primary amides is 1. The summed E-state index contributed by atoms with van der Waals surface area (Å²) in [7, 11) is 0. The van der Waals surface area contributed by atoms with E-state index in [1.165, 1.54) is 0 Å². The minimum Gasteiger partial charge on any atom is -0.352 e. The molecule has 0 aromatic heterocycles. The topological polar surface area (TPSA) is 110 Å². The van der Waals surface area contributed by atoms with Crippen molar-refractivity contribution in [1.29, 1.82) is 0 Å². The maximum atomic E-state index is 12.0. The van der Waals surface area contributed by atoms with Crippen LogP contribution in [0.4, 0.5) is 4.79 Å². The van der Waals surface area contributed by atoms with Crippen molar-refractivity contribution in [3.63, 3.8) is 0 Å². The Labute approximate surface area is 127 Å². The maximum absolute atomic E-state index is 12.0. The van der Waals surface area contributed by atoms with Gasteiger partial charge in [-0.15, -0.1) is 12.4 Å². The molecule has 0 saturated heterocycles. The Kier molecular flexibility index (Phi) is 11.4. The van der Waals surface area contributed by atoms with Crippen LogP contribution in [-0.2, 0) is 4.79 Å². The summed E-state index contributed by atoms with van der Waals surface area (Å²) in [6, 6.07) is -1.25. The quantitative estimate of drug-likeness (QED) is 0.514. The zero-order valence-corrected chi connectivity index (χ0v) is 13.5. The SMILES string of the molecule is CCCCC(NC(N)=O)C(=O)NCC(N)(CC)CC.Cl. The predicted molar refractivity (Wildman–Crippen MR) is 83.8 cm³/mol. The molecule has 0 heterocycles. The van der Waals surface area contributed by atoms with Crippen LogP contribution in [0, 0.1) is 0 Å². The summed E-state index contributed by atoms with van der Waals surface area (Å²) in [6.45, 7) is 6.41. The smallest absolute Gasteiger partial charge is 0.312 e. The second kappa shape index (κ2) is 10.7. The van der Waals surface area contributed by atoms with Gasteiger partial charge in [-0.05, 0) is 19.3 Å². The van der Waals surface area contributed by atoms with Crippen molar-refractivity contribution < 1.29 is 9.59 Å². The highest BCUT2D eigenvalue weighted by atomic mass is 35.5. The van der Waals surface area contributed by atoms with Crippen molar-refractivity contribution in [2.24, 2.45) is 11.5 Å². The third-order valence-corrected chi connectivity index (χ3v) is 3.50. The molecule has 0 bridgehead atoms. The van der Waals surface area contributed by atoms with Gasteiger partial charge >= 0.3 is 6.03 Å². The fourth-order valence-corrected chi connectivity index (χ4v) is 1.74. The molecule has 1 atom stereocenters. The maximum Gasteiger partial charge on any atom is 0.312 e. The van der Waals surface area contributed by atoms with E-state index in [2.05, 4.69) is 10.6 Å². The van der Waals surface area contributed by atoms with Crippen LogP contribution in [0.5, 0.6) is 0 Å². The molecule has 1 unspecified atom stereocenters. The molecule has 6 nitrogen and oxygen atoms in total. The molecule has 0 aliphatic heterocycles. The number of nitrogens with two attached hydrogens (primary N) is 2. The van der Waals surface area contributed by atoms with Gasteiger partial charge in [-0.1, -0.05) is 33.6 Å². The summed E-state index contributed by atoms with van der Waals surface area (Å²) in [4.78, 5) is 22.9. The molecule has 0 fully saturated rings. The van der Waals surface area contributed by atoms with Gasteiger partial charge in [0.05, 0.1) is 0 Å². The van der Waals surface area contributed by atoms with E-state index in [4.69, 9.17) is 11.5 Å². The summed E-state index contributed by atoms with van der Waals surface area (Å²) in [5.74, 6) is -0.219.